The molecule has 0 aliphatic heterocycles. The minimum Gasteiger partial charge on any atom is -0.476 e. The molecule has 0 bridgehead atoms. The van der Waals surface area contributed by atoms with Crippen LogP contribution < -0.4 is 5.32 Å². The van der Waals surface area contributed by atoms with Crippen LogP contribution in [0.25, 0.3) is 10.2 Å². The van der Waals surface area contributed by atoms with Gasteiger partial charge in [0.2, 0.25) is 0 Å². The van der Waals surface area contributed by atoms with Gasteiger partial charge in [-0.1, -0.05) is 11.3 Å². The van der Waals surface area contributed by atoms with Crippen molar-refractivity contribution in [3.05, 3.63) is 34.3 Å². The third-order valence-electron chi connectivity index (χ3n) is 2.73. The summed E-state index contributed by atoms with van der Waals surface area (Å²) in [5.74, 6) is -1.52. The van der Waals surface area contributed by atoms with Crippen LogP contribution in [0, 0.1) is 0 Å². The van der Waals surface area contributed by atoms with Gasteiger partial charge >= 0.3 is 5.97 Å². The molecule has 0 amide bonds. The van der Waals surface area contributed by atoms with Gasteiger partial charge in [0.15, 0.2) is 16.6 Å². The van der Waals surface area contributed by atoms with Gasteiger partial charge in [0.1, 0.15) is 4.88 Å². The quantitative estimate of drug-likeness (QED) is 0.716. The maximum absolute atomic E-state index is 11.4. The summed E-state index contributed by atoms with van der Waals surface area (Å²) in [7, 11) is 0. The third kappa shape index (κ3) is 2.63. The van der Waals surface area contributed by atoms with Gasteiger partial charge in [0.25, 0.3) is 0 Å². The van der Waals surface area contributed by atoms with E-state index in [9.17, 15) is 9.59 Å². The van der Waals surface area contributed by atoms with E-state index in [-0.39, 0.29) is 16.4 Å². The molecule has 3 aromatic rings. The maximum Gasteiger partial charge on any atom is 0.356 e. The van der Waals surface area contributed by atoms with Gasteiger partial charge in [0, 0.05) is 12.6 Å². The molecule has 0 saturated heterocycles. The van der Waals surface area contributed by atoms with Crippen molar-refractivity contribution in [2.24, 2.45) is 0 Å². The van der Waals surface area contributed by atoms with E-state index in [2.05, 4.69) is 15.3 Å². The number of benzene rings is 1. The first-order valence-electron chi connectivity index (χ1n) is 5.90. The van der Waals surface area contributed by atoms with Crippen molar-refractivity contribution in [1.82, 2.24) is 9.97 Å². The molecule has 8 heteroatoms. The van der Waals surface area contributed by atoms with Gasteiger partial charge in [-0.15, -0.1) is 11.3 Å². The van der Waals surface area contributed by atoms with Gasteiger partial charge < -0.3 is 10.4 Å². The first kappa shape index (κ1) is 13.7. The first-order valence-corrected chi connectivity index (χ1v) is 7.59. The summed E-state index contributed by atoms with van der Waals surface area (Å²) in [6.45, 7) is 1.33. The van der Waals surface area contributed by atoms with Crippen LogP contribution in [-0.2, 0) is 0 Å². The summed E-state index contributed by atoms with van der Waals surface area (Å²) in [4.78, 5) is 30.8. The van der Waals surface area contributed by atoms with Gasteiger partial charge in [0.05, 0.1) is 15.7 Å². The van der Waals surface area contributed by atoms with Gasteiger partial charge in [-0.2, -0.15) is 0 Å². The Morgan fingerprint density at radius 1 is 1.33 bits per heavy atom. The normalized spacial score (nSPS) is 10.7. The van der Waals surface area contributed by atoms with E-state index >= 15 is 0 Å². The number of ketones is 1. The third-order valence-corrected chi connectivity index (χ3v) is 4.60. The highest BCUT2D eigenvalue weighted by Gasteiger charge is 2.20. The molecular weight excluding hydrogens is 310 g/mol. The molecule has 2 aromatic heterocycles. The van der Waals surface area contributed by atoms with E-state index in [0.717, 1.165) is 27.2 Å². The molecule has 106 valence electrons. The number of aromatic carboxylic acids is 1. The lowest BCUT2D eigenvalue weighted by Crippen LogP contribution is -2.03. The van der Waals surface area contributed by atoms with Crippen molar-refractivity contribution < 1.29 is 14.7 Å². The number of carboxylic acid groups (broad SMARTS) is 1. The van der Waals surface area contributed by atoms with E-state index in [1.165, 1.54) is 18.3 Å². The highest BCUT2D eigenvalue weighted by Crippen LogP contribution is 2.29. The number of Topliss-reactive ketones (excluding diaryl/α,β-unsaturated/α-hetero) is 1. The lowest BCUT2D eigenvalue weighted by atomic mass is 10.3. The first-order chi connectivity index (χ1) is 10.0. The Morgan fingerprint density at radius 3 is 2.81 bits per heavy atom. The monoisotopic (exact) mass is 319 g/mol. The van der Waals surface area contributed by atoms with E-state index in [0.29, 0.717) is 5.13 Å². The highest BCUT2D eigenvalue weighted by atomic mass is 32.1. The molecule has 0 aliphatic rings. The predicted molar refractivity (Wildman–Crippen MR) is 82.0 cm³/mol. The molecule has 21 heavy (non-hydrogen) atoms. The summed E-state index contributed by atoms with van der Waals surface area (Å²) in [6.07, 6.45) is 0. The number of carbonyl (C=O) groups is 2. The summed E-state index contributed by atoms with van der Waals surface area (Å²) in [6, 6.07) is 5.60. The molecule has 0 fully saturated rings. The minimum atomic E-state index is -1.21. The zero-order valence-electron chi connectivity index (χ0n) is 10.8. The van der Waals surface area contributed by atoms with Crippen molar-refractivity contribution in [2.75, 3.05) is 5.32 Å². The molecule has 2 N–H and O–H groups in total. The van der Waals surface area contributed by atoms with Crippen LogP contribution in [0.15, 0.2) is 23.7 Å². The van der Waals surface area contributed by atoms with Crippen molar-refractivity contribution >= 4 is 55.5 Å². The molecule has 0 aliphatic carbocycles. The van der Waals surface area contributed by atoms with Crippen LogP contribution in [0.2, 0.25) is 0 Å². The number of hydrogen-bond acceptors (Lipinski definition) is 7. The van der Waals surface area contributed by atoms with Gasteiger partial charge in [-0.05, 0) is 18.2 Å². The molecule has 0 spiro atoms. The Morgan fingerprint density at radius 2 is 2.14 bits per heavy atom. The average Bonchev–Trinajstić information content (AvgIpc) is 3.04. The second-order valence-corrected chi connectivity index (χ2v) is 6.10. The molecule has 6 nitrogen and oxygen atoms in total. The number of fused-ring (bicyclic) bond motifs is 1. The van der Waals surface area contributed by atoms with Crippen LogP contribution in [0.4, 0.5) is 10.8 Å². The lowest BCUT2D eigenvalue weighted by molar-refractivity contribution is 0.0687. The minimum absolute atomic E-state index is 0.142. The van der Waals surface area contributed by atoms with E-state index in [4.69, 9.17) is 5.11 Å². The Balaban J connectivity index is 1.95. The van der Waals surface area contributed by atoms with Gasteiger partial charge in [-0.3, -0.25) is 4.79 Å². The van der Waals surface area contributed by atoms with Crippen molar-refractivity contribution in [3.8, 4) is 0 Å². The molecule has 0 saturated carbocycles. The van der Waals surface area contributed by atoms with Crippen molar-refractivity contribution in [1.29, 1.82) is 0 Å². The van der Waals surface area contributed by atoms with E-state index in [1.54, 1.807) is 5.51 Å². The number of hydrogen-bond donors (Lipinski definition) is 2. The second kappa shape index (κ2) is 5.23. The number of carbonyl (C=O) groups excluding carboxylic acids is 1. The summed E-state index contributed by atoms with van der Waals surface area (Å²) < 4.78 is 1.02. The fourth-order valence-corrected chi connectivity index (χ4v) is 3.40. The van der Waals surface area contributed by atoms with Crippen LogP contribution in [0.3, 0.4) is 0 Å². The molecule has 0 atom stereocenters. The largest absolute Gasteiger partial charge is 0.476 e. The standard InChI is InChI=1S/C13H9N3O3S2/c1-6(17)11-10(12(18)19)16-13(21-11)15-7-2-3-8-9(4-7)20-5-14-8/h2-5H,1H3,(H,15,16)(H,18,19). The van der Waals surface area contributed by atoms with E-state index < -0.39 is 5.97 Å². The summed E-state index contributed by atoms with van der Waals surface area (Å²) >= 11 is 2.55. The maximum atomic E-state index is 11.4. The van der Waals surface area contributed by atoms with E-state index in [1.807, 2.05) is 18.2 Å². The molecule has 0 radical (unpaired) electrons. The van der Waals surface area contributed by atoms with Gasteiger partial charge in [-0.25, -0.2) is 14.8 Å². The Hall–Kier alpha value is -2.32. The van der Waals surface area contributed by atoms with Crippen molar-refractivity contribution in [2.45, 2.75) is 6.92 Å². The van der Waals surface area contributed by atoms with Crippen LogP contribution in [-0.4, -0.2) is 26.8 Å². The van der Waals surface area contributed by atoms with Crippen LogP contribution in [0.5, 0.6) is 0 Å². The second-order valence-electron chi connectivity index (χ2n) is 4.22. The molecular formula is C13H9N3O3S2. The Bertz CT molecular complexity index is 822. The number of carboxylic acids is 1. The number of nitrogens with one attached hydrogen (secondary N) is 1. The smallest absolute Gasteiger partial charge is 0.356 e. The molecule has 3 rings (SSSR count). The van der Waals surface area contributed by atoms with Crippen molar-refractivity contribution in [3.63, 3.8) is 0 Å². The zero-order chi connectivity index (χ0) is 15.0. The number of anilines is 2. The summed E-state index contributed by atoms with van der Waals surface area (Å²) in [5, 5.41) is 12.5. The lowest BCUT2D eigenvalue weighted by Gasteiger charge is -2.01. The number of aromatic nitrogens is 2. The fraction of sp³-hybridized carbons (Fsp3) is 0.0769. The average molecular weight is 319 g/mol. The molecule has 1 aromatic carbocycles. The van der Waals surface area contributed by atoms with Crippen LogP contribution >= 0.6 is 22.7 Å². The SMILES string of the molecule is CC(=O)c1sc(Nc2ccc3ncsc3c2)nc1C(=O)O. The Labute approximate surface area is 127 Å². The molecule has 2 heterocycles. The summed E-state index contributed by atoms with van der Waals surface area (Å²) in [5.41, 5.74) is 3.22. The number of thiazole rings is 2. The Kier molecular flexibility index (Phi) is 3.40. The zero-order valence-corrected chi connectivity index (χ0v) is 12.4. The topological polar surface area (TPSA) is 92.2 Å². The van der Waals surface area contributed by atoms with Crippen LogP contribution in [0.1, 0.15) is 27.1 Å². The predicted octanol–water partition coefficient (Wildman–Crippen LogP) is 3.40. The molecule has 0 unspecified atom stereocenters. The fourth-order valence-electron chi connectivity index (χ4n) is 1.81. The number of rotatable bonds is 4. The number of nitrogens with zero attached hydrogens (tertiary/aromatic N) is 2. The highest BCUT2D eigenvalue weighted by molar-refractivity contribution is 7.18.